The number of allylic oxidation sites excluding steroid dienone is 1. The van der Waals surface area contributed by atoms with Gasteiger partial charge < -0.3 is 20.3 Å². The Morgan fingerprint density at radius 3 is 2.68 bits per heavy atom. The third-order valence-corrected chi connectivity index (χ3v) is 6.25. The minimum atomic E-state index is -0.857. The Kier molecular flexibility index (Phi) is 6.54. The highest BCUT2D eigenvalue weighted by molar-refractivity contribution is 6.12. The summed E-state index contributed by atoms with van der Waals surface area (Å²) in [6.07, 6.45) is 9.75. The highest BCUT2D eigenvalue weighted by atomic mass is 19.1. The van der Waals surface area contributed by atoms with E-state index < -0.39 is 5.54 Å². The fourth-order valence-corrected chi connectivity index (χ4v) is 4.66. The fraction of sp³-hybridized carbons (Fsp3) is 0.259. The lowest BCUT2D eigenvalue weighted by Crippen LogP contribution is -2.51. The molecular weight excluding hydrogens is 431 g/mol. The number of anilines is 1. The van der Waals surface area contributed by atoms with Gasteiger partial charge >= 0.3 is 0 Å². The molecule has 4 rings (SSSR count). The number of amides is 1. The average molecular weight is 461 g/mol. The Morgan fingerprint density at radius 2 is 2.00 bits per heavy atom. The zero-order valence-electron chi connectivity index (χ0n) is 19.5. The van der Waals surface area contributed by atoms with E-state index in [-0.39, 0.29) is 11.7 Å². The third kappa shape index (κ3) is 4.21. The number of fused-ring (bicyclic) bond motifs is 1. The monoisotopic (exact) mass is 460 g/mol. The second kappa shape index (κ2) is 9.55. The first-order valence-electron chi connectivity index (χ1n) is 11.3. The number of hydrogen-bond donors (Lipinski definition) is 1. The van der Waals surface area contributed by atoms with Gasteiger partial charge in [-0.2, -0.15) is 4.99 Å². The Balaban J connectivity index is 1.63. The van der Waals surface area contributed by atoms with Crippen LogP contribution in [0.3, 0.4) is 0 Å². The maximum Gasteiger partial charge on any atom is 0.278 e. The molecule has 34 heavy (non-hydrogen) atoms. The predicted octanol–water partition coefficient (Wildman–Crippen LogP) is 4.94. The van der Waals surface area contributed by atoms with Crippen molar-refractivity contribution in [1.29, 1.82) is 0 Å². The van der Waals surface area contributed by atoms with Crippen molar-refractivity contribution in [3.8, 4) is 5.75 Å². The molecule has 0 bridgehead atoms. The maximum atomic E-state index is 13.5. The van der Waals surface area contributed by atoms with Crippen molar-refractivity contribution in [3.63, 3.8) is 0 Å². The van der Waals surface area contributed by atoms with E-state index in [4.69, 9.17) is 10.5 Å². The third-order valence-electron chi connectivity index (χ3n) is 6.25. The molecule has 2 aliphatic rings. The second-order valence-electron chi connectivity index (χ2n) is 8.48. The van der Waals surface area contributed by atoms with E-state index in [1.807, 2.05) is 30.4 Å². The normalized spacial score (nSPS) is 20.3. The summed E-state index contributed by atoms with van der Waals surface area (Å²) in [4.78, 5) is 21.4. The quantitative estimate of drug-likeness (QED) is 0.634. The summed E-state index contributed by atoms with van der Waals surface area (Å²) in [5.41, 5.74) is 8.09. The van der Waals surface area contributed by atoms with E-state index in [9.17, 15) is 9.18 Å². The molecule has 7 heteroatoms. The molecule has 2 aliphatic heterocycles. The van der Waals surface area contributed by atoms with Crippen molar-refractivity contribution in [2.45, 2.75) is 31.7 Å². The van der Waals surface area contributed by atoms with Gasteiger partial charge in [0.1, 0.15) is 22.9 Å². The molecule has 1 atom stereocenters. The molecule has 0 saturated carbocycles. The molecule has 1 amide bonds. The molecule has 0 aromatic heterocycles. The van der Waals surface area contributed by atoms with E-state index in [0.717, 1.165) is 29.7 Å². The number of ether oxygens (including phenoxy) is 1. The second-order valence-corrected chi connectivity index (χ2v) is 8.48. The van der Waals surface area contributed by atoms with Crippen LogP contribution in [0.4, 0.5) is 10.1 Å². The van der Waals surface area contributed by atoms with Gasteiger partial charge in [0, 0.05) is 24.6 Å². The summed E-state index contributed by atoms with van der Waals surface area (Å²) in [6, 6.07) is 12.0. The topological polar surface area (TPSA) is 71.2 Å². The van der Waals surface area contributed by atoms with Gasteiger partial charge in [-0.25, -0.2) is 4.39 Å². The van der Waals surface area contributed by atoms with Gasteiger partial charge in [0.05, 0.1) is 12.8 Å². The van der Waals surface area contributed by atoms with E-state index in [0.29, 0.717) is 30.2 Å². The number of nitrogens with two attached hydrogens (primary N) is 1. The van der Waals surface area contributed by atoms with Crippen molar-refractivity contribution < 1.29 is 13.9 Å². The maximum absolute atomic E-state index is 13.5. The summed E-state index contributed by atoms with van der Waals surface area (Å²) in [6.45, 7) is 6.36. The average Bonchev–Trinajstić information content (AvgIpc) is 3.14. The molecule has 1 saturated heterocycles. The minimum absolute atomic E-state index is 0.197. The molecule has 1 unspecified atom stereocenters. The number of carbonyl (C=O) groups excluding carboxylic acids is 1. The summed E-state index contributed by atoms with van der Waals surface area (Å²) in [5.74, 6) is 0.754. The van der Waals surface area contributed by atoms with Crippen LogP contribution in [0, 0.1) is 5.82 Å². The minimum Gasteiger partial charge on any atom is -0.495 e. The van der Waals surface area contributed by atoms with Crippen LogP contribution >= 0.6 is 0 Å². The van der Waals surface area contributed by atoms with Gasteiger partial charge in [-0.15, -0.1) is 0 Å². The summed E-state index contributed by atoms with van der Waals surface area (Å²) >= 11 is 0. The van der Waals surface area contributed by atoms with Gasteiger partial charge in [0.15, 0.2) is 0 Å². The molecule has 2 N–H and O–H groups in total. The van der Waals surface area contributed by atoms with Crippen LogP contribution in [0.1, 0.15) is 37.3 Å². The van der Waals surface area contributed by atoms with Gasteiger partial charge in [-0.1, -0.05) is 30.9 Å². The van der Waals surface area contributed by atoms with Crippen molar-refractivity contribution >= 4 is 23.5 Å². The first kappa shape index (κ1) is 23.3. The molecule has 0 spiro atoms. The molecule has 0 radical (unpaired) electrons. The molecule has 2 aromatic carbocycles. The number of benzene rings is 2. The van der Waals surface area contributed by atoms with Crippen LogP contribution in [0.15, 0.2) is 78.2 Å². The standard InChI is InChI=1S/C27H29FN4O2/c1-4-31(18-19(2)29)23-13-7-20(17-24(23)34-3)8-14-25-30-26(33)27(15-5-6-16-32(25)27)21-9-11-22(28)12-10-21/h4,7-14,17-18H,1,5-6,15-16,29H2,2-3H3/b14-8+,19-18-. The van der Waals surface area contributed by atoms with Crippen molar-refractivity contribution in [2.24, 2.45) is 10.7 Å². The lowest BCUT2D eigenvalue weighted by atomic mass is 9.80. The number of rotatable bonds is 7. The Labute approximate surface area is 199 Å². The smallest absolute Gasteiger partial charge is 0.278 e. The van der Waals surface area contributed by atoms with Crippen molar-refractivity contribution in [2.75, 3.05) is 18.6 Å². The van der Waals surface area contributed by atoms with Gasteiger partial charge in [0.2, 0.25) is 0 Å². The molecular formula is C27H29FN4O2. The first-order valence-corrected chi connectivity index (χ1v) is 11.3. The van der Waals surface area contributed by atoms with Crippen LogP contribution in [0.5, 0.6) is 5.75 Å². The Hall–Kier alpha value is -3.87. The van der Waals surface area contributed by atoms with Crippen LogP contribution in [0.25, 0.3) is 6.08 Å². The number of nitrogens with zero attached hydrogens (tertiary/aromatic N) is 3. The number of hydrogen-bond acceptors (Lipinski definition) is 5. The van der Waals surface area contributed by atoms with Gasteiger partial charge in [0.25, 0.3) is 5.91 Å². The fourth-order valence-electron chi connectivity index (χ4n) is 4.66. The Morgan fingerprint density at radius 1 is 1.24 bits per heavy atom. The molecule has 6 nitrogen and oxygen atoms in total. The van der Waals surface area contributed by atoms with Crippen LogP contribution in [0.2, 0.25) is 0 Å². The zero-order valence-corrected chi connectivity index (χ0v) is 19.5. The summed E-state index contributed by atoms with van der Waals surface area (Å²) in [5, 5.41) is 0. The molecule has 2 aromatic rings. The highest BCUT2D eigenvalue weighted by Crippen LogP contribution is 2.43. The lowest BCUT2D eigenvalue weighted by Gasteiger charge is -2.42. The van der Waals surface area contributed by atoms with E-state index in [1.165, 1.54) is 12.1 Å². The van der Waals surface area contributed by atoms with Crippen LogP contribution in [-0.2, 0) is 10.3 Å². The SMILES string of the molecule is C=CN(/C=C(/C)N)c1ccc(/C=C/C2=NC(=O)C3(c4ccc(F)cc4)CCCCN23)cc1OC. The molecule has 2 heterocycles. The summed E-state index contributed by atoms with van der Waals surface area (Å²) in [7, 11) is 1.61. The van der Waals surface area contributed by atoms with Crippen LogP contribution in [-0.4, -0.2) is 30.3 Å². The number of halogens is 1. The number of methoxy groups -OCH3 is 1. The number of carbonyl (C=O) groups is 1. The van der Waals surface area contributed by atoms with Gasteiger partial charge in [-0.05, 0) is 67.7 Å². The zero-order chi connectivity index (χ0) is 24.3. The highest BCUT2D eigenvalue weighted by Gasteiger charge is 2.51. The Bertz CT molecular complexity index is 1180. The number of piperidine rings is 1. The van der Waals surface area contributed by atoms with Crippen molar-refractivity contribution in [3.05, 3.63) is 90.2 Å². The van der Waals surface area contributed by atoms with Gasteiger partial charge in [-0.3, -0.25) is 4.79 Å². The molecule has 176 valence electrons. The van der Waals surface area contributed by atoms with Crippen molar-refractivity contribution in [1.82, 2.24) is 4.90 Å². The predicted molar refractivity (Wildman–Crippen MR) is 134 cm³/mol. The largest absolute Gasteiger partial charge is 0.495 e. The molecule has 1 fully saturated rings. The number of amidine groups is 1. The summed E-state index contributed by atoms with van der Waals surface area (Å²) < 4.78 is 19.1. The number of aliphatic imine (C=N–C) groups is 1. The van der Waals surface area contributed by atoms with E-state index in [1.54, 1.807) is 43.5 Å². The van der Waals surface area contributed by atoms with E-state index >= 15 is 0 Å². The van der Waals surface area contributed by atoms with E-state index in [2.05, 4.69) is 16.5 Å². The lowest BCUT2D eigenvalue weighted by molar-refractivity contribution is -0.127. The molecule has 0 aliphatic carbocycles. The first-order chi connectivity index (χ1) is 16.4. The van der Waals surface area contributed by atoms with Crippen LogP contribution < -0.4 is 15.4 Å².